The topological polar surface area (TPSA) is 87.7 Å². The molecule has 1 aliphatic carbocycles. The Kier molecular flexibility index (Phi) is 7.78. The maximum atomic E-state index is 12.8. The summed E-state index contributed by atoms with van der Waals surface area (Å²) < 4.78 is 5.75. The van der Waals surface area contributed by atoms with Gasteiger partial charge in [0.15, 0.2) is 0 Å². The fourth-order valence-electron chi connectivity index (χ4n) is 3.65. The van der Waals surface area contributed by atoms with Gasteiger partial charge < -0.3 is 4.74 Å². The van der Waals surface area contributed by atoms with E-state index in [9.17, 15) is 9.59 Å². The van der Waals surface area contributed by atoms with Crippen molar-refractivity contribution >= 4 is 11.9 Å². The average Bonchev–Trinajstić information content (AvgIpc) is 3.26. The Balaban J connectivity index is 1.65. The average molecular weight is 396 g/mol. The van der Waals surface area contributed by atoms with Crippen LogP contribution < -0.4 is 10.8 Å². The van der Waals surface area contributed by atoms with Crippen molar-refractivity contribution < 1.29 is 19.5 Å². The van der Waals surface area contributed by atoms with Gasteiger partial charge in [-0.25, -0.2) is 10.3 Å². The monoisotopic (exact) mass is 396 g/mol. The van der Waals surface area contributed by atoms with E-state index in [4.69, 9.17) is 9.94 Å². The van der Waals surface area contributed by atoms with Crippen LogP contribution in [0.3, 0.4) is 0 Å². The Bertz CT molecular complexity index is 804. The lowest BCUT2D eigenvalue weighted by Gasteiger charge is -2.21. The van der Waals surface area contributed by atoms with Crippen molar-refractivity contribution in [1.29, 1.82) is 0 Å². The highest BCUT2D eigenvalue weighted by Crippen LogP contribution is 2.24. The number of amides is 1. The molecule has 0 aliphatic heterocycles. The molecule has 0 spiro atoms. The van der Waals surface area contributed by atoms with E-state index < -0.39 is 11.9 Å². The van der Waals surface area contributed by atoms with Crippen molar-refractivity contribution in [2.24, 2.45) is 0 Å². The molecule has 0 saturated heterocycles. The summed E-state index contributed by atoms with van der Waals surface area (Å²) in [5, 5.41) is 12.0. The van der Waals surface area contributed by atoms with E-state index in [1.807, 2.05) is 54.6 Å². The Morgan fingerprint density at radius 1 is 1.03 bits per heavy atom. The summed E-state index contributed by atoms with van der Waals surface area (Å²) >= 11 is 0. The predicted octanol–water partition coefficient (Wildman–Crippen LogP) is 3.44. The van der Waals surface area contributed by atoms with Gasteiger partial charge in [0, 0.05) is 13.0 Å². The van der Waals surface area contributed by atoms with E-state index >= 15 is 0 Å². The molecule has 1 atom stereocenters. The van der Waals surface area contributed by atoms with Crippen molar-refractivity contribution in [3.05, 3.63) is 71.3 Å². The van der Waals surface area contributed by atoms with Gasteiger partial charge in [0.2, 0.25) is 5.91 Å². The number of esters is 1. The second-order valence-corrected chi connectivity index (χ2v) is 7.42. The van der Waals surface area contributed by atoms with Crippen molar-refractivity contribution in [3.8, 4) is 0 Å². The third kappa shape index (κ3) is 6.41. The van der Waals surface area contributed by atoms with Gasteiger partial charge in [-0.15, -0.1) is 0 Å². The normalized spacial score (nSPS) is 15.1. The zero-order valence-corrected chi connectivity index (χ0v) is 16.5. The van der Waals surface area contributed by atoms with E-state index in [1.165, 1.54) is 0 Å². The highest BCUT2D eigenvalue weighted by Gasteiger charge is 2.26. The van der Waals surface area contributed by atoms with Crippen LogP contribution >= 0.6 is 0 Å². The zero-order chi connectivity index (χ0) is 20.5. The number of carbonyl (C=O) groups excluding carboxylic acids is 2. The fourth-order valence-corrected chi connectivity index (χ4v) is 3.65. The SMILES string of the molecule is O=C(CCc1cccc(CN[C@H](C(=O)OC2CCCC2)c2ccccc2)c1)NO. The maximum absolute atomic E-state index is 12.8. The standard InChI is InChI=1S/C23H28N2O4/c26-21(25-28)14-13-17-7-6-8-18(15-17)16-24-22(19-9-2-1-3-10-19)23(27)29-20-11-4-5-12-20/h1-3,6-10,15,20,22,24,28H,4-5,11-14,16H2,(H,25,26)/t22-/m0/s1. The third-order valence-electron chi connectivity index (χ3n) is 5.22. The molecule has 0 radical (unpaired) electrons. The van der Waals surface area contributed by atoms with Crippen LogP contribution in [0.1, 0.15) is 54.8 Å². The van der Waals surface area contributed by atoms with Crippen LogP contribution in [0.5, 0.6) is 0 Å². The van der Waals surface area contributed by atoms with E-state index in [2.05, 4.69) is 5.32 Å². The quantitative estimate of drug-likeness (QED) is 0.343. The van der Waals surface area contributed by atoms with Crippen LogP contribution in [0.4, 0.5) is 0 Å². The minimum atomic E-state index is -0.527. The maximum Gasteiger partial charge on any atom is 0.328 e. The summed E-state index contributed by atoms with van der Waals surface area (Å²) in [6, 6.07) is 16.9. The van der Waals surface area contributed by atoms with Gasteiger partial charge in [-0.05, 0) is 48.8 Å². The van der Waals surface area contributed by atoms with Gasteiger partial charge >= 0.3 is 5.97 Å². The molecular formula is C23H28N2O4. The number of nitrogens with one attached hydrogen (secondary N) is 2. The van der Waals surface area contributed by atoms with Crippen LogP contribution in [-0.4, -0.2) is 23.2 Å². The molecule has 0 aromatic heterocycles. The summed E-state index contributed by atoms with van der Waals surface area (Å²) in [6.07, 6.45) is 4.88. The molecule has 0 bridgehead atoms. The summed E-state index contributed by atoms with van der Waals surface area (Å²) in [5.74, 6) is -0.647. The van der Waals surface area contributed by atoms with E-state index in [0.29, 0.717) is 13.0 Å². The van der Waals surface area contributed by atoms with Crippen LogP contribution in [0.2, 0.25) is 0 Å². The number of benzene rings is 2. The fraction of sp³-hybridized carbons (Fsp3) is 0.391. The molecule has 1 saturated carbocycles. The summed E-state index contributed by atoms with van der Waals surface area (Å²) in [6.45, 7) is 0.499. The second kappa shape index (κ2) is 10.7. The predicted molar refractivity (Wildman–Crippen MR) is 109 cm³/mol. The third-order valence-corrected chi connectivity index (χ3v) is 5.22. The Hall–Kier alpha value is -2.70. The van der Waals surface area contributed by atoms with Gasteiger partial charge in [0.05, 0.1) is 0 Å². The molecule has 2 aromatic carbocycles. The van der Waals surface area contributed by atoms with Gasteiger partial charge in [-0.2, -0.15) is 0 Å². The van der Waals surface area contributed by atoms with Crippen molar-refractivity contribution in [2.75, 3.05) is 0 Å². The number of hydrogen-bond acceptors (Lipinski definition) is 5. The van der Waals surface area contributed by atoms with Gasteiger partial charge in [-0.3, -0.25) is 15.3 Å². The van der Waals surface area contributed by atoms with E-state index in [1.54, 1.807) is 5.48 Å². The second-order valence-electron chi connectivity index (χ2n) is 7.42. The Morgan fingerprint density at radius 3 is 2.48 bits per heavy atom. The van der Waals surface area contributed by atoms with Crippen LogP contribution in [0.15, 0.2) is 54.6 Å². The van der Waals surface area contributed by atoms with E-state index in [0.717, 1.165) is 42.4 Å². The van der Waals surface area contributed by atoms with Crippen LogP contribution in [-0.2, 0) is 27.3 Å². The minimum Gasteiger partial charge on any atom is -0.461 e. The summed E-state index contributed by atoms with van der Waals surface area (Å²) in [5.41, 5.74) is 4.54. The number of hydrogen-bond donors (Lipinski definition) is 3. The van der Waals surface area contributed by atoms with Crippen LogP contribution in [0.25, 0.3) is 0 Å². The number of carbonyl (C=O) groups is 2. The molecule has 3 N–H and O–H groups in total. The molecule has 1 aliphatic rings. The van der Waals surface area contributed by atoms with Crippen molar-refractivity contribution in [3.63, 3.8) is 0 Å². The smallest absolute Gasteiger partial charge is 0.328 e. The van der Waals surface area contributed by atoms with Gasteiger partial charge in [-0.1, -0.05) is 54.6 Å². The first-order chi connectivity index (χ1) is 14.2. The zero-order valence-electron chi connectivity index (χ0n) is 16.5. The number of rotatable bonds is 9. The lowest BCUT2D eigenvalue weighted by Crippen LogP contribution is -2.32. The highest BCUT2D eigenvalue weighted by atomic mass is 16.5. The summed E-state index contributed by atoms with van der Waals surface area (Å²) in [7, 11) is 0. The lowest BCUT2D eigenvalue weighted by molar-refractivity contribution is -0.151. The number of aryl methyl sites for hydroxylation is 1. The van der Waals surface area contributed by atoms with Gasteiger partial charge in [0.25, 0.3) is 0 Å². The summed E-state index contributed by atoms with van der Waals surface area (Å²) in [4.78, 5) is 24.1. The molecule has 0 unspecified atom stereocenters. The largest absolute Gasteiger partial charge is 0.461 e. The molecule has 2 aromatic rings. The minimum absolute atomic E-state index is 0.0245. The lowest BCUT2D eigenvalue weighted by atomic mass is 10.0. The molecule has 1 amide bonds. The van der Waals surface area contributed by atoms with Crippen molar-refractivity contribution in [2.45, 2.75) is 57.2 Å². The molecule has 0 heterocycles. The first-order valence-corrected chi connectivity index (χ1v) is 10.2. The first-order valence-electron chi connectivity index (χ1n) is 10.2. The Labute approximate surface area is 171 Å². The molecule has 6 nitrogen and oxygen atoms in total. The molecule has 154 valence electrons. The van der Waals surface area contributed by atoms with Crippen molar-refractivity contribution in [1.82, 2.24) is 10.8 Å². The molecule has 29 heavy (non-hydrogen) atoms. The van der Waals surface area contributed by atoms with Gasteiger partial charge in [0.1, 0.15) is 12.1 Å². The van der Waals surface area contributed by atoms with E-state index in [-0.39, 0.29) is 18.5 Å². The number of hydroxylamine groups is 1. The molecule has 6 heteroatoms. The first kappa shape index (κ1) is 21.0. The number of ether oxygens (including phenoxy) is 1. The Morgan fingerprint density at radius 2 is 1.76 bits per heavy atom. The highest BCUT2D eigenvalue weighted by molar-refractivity contribution is 5.78. The van der Waals surface area contributed by atoms with Crippen LogP contribution in [0, 0.1) is 0 Å². The molecular weight excluding hydrogens is 368 g/mol. The molecule has 3 rings (SSSR count). The molecule has 1 fully saturated rings.